The molecule has 0 atom stereocenters. The van der Waals surface area contributed by atoms with Crippen molar-refractivity contribution in [3.05, 3.63) is 400 Å². The first kappa shape index (κ1) is 60.4. The van der Waals surface area contributed by atoms with Gasteiger partial charge in [-0.3, -0.25) is 0 Å². The Morgan fingerprint density at radius 2 is 0.365 bits per heavy atom. The van der Waals surface area contributed by atoms with Gasteiger partial charge >= 0.3 is 0 Å². The lowest BCUT2D eigenvalue weighted by Crippen LogP contribution is -1.92. The van der Waals surface area contributed by atoms with Gasteiger partial charge in [0.1, 0.15) is 0 Å². The van der Waals surface area contributed by atoms with Crippen LogP contribution in [0.15, 0.2) is 400 Å². The van der Waals surface area contributed by atoms with Crippen molar-refractivity contribution in [2.75, 3.05) is 0 Å². The molecule has 0 radical (unpaired) electrons. The summed E-state index contributed by atoms with van der Waals surface area (Å²) in [7, 11) is 0. The molecule has 0 nitrogen and oxygen atoms in total. The zero-order valence-electron chi connectivity index (χ0n) is 57.1. The zero-order chi connectivity index (χ0) is 68.6. The fourth-order valence-electron chi connectivity index (χ4n) is 17.0. The van der Waals surface area contributed by atoms with Gasteiger partial charge in [-0.05, 0) is 244 Å². The third-order valence-corrected chi connectivity index (χ3v) is 21.8. The van der Waals surface area contributed by atoms with Crippen LogP contribution in [0.3, 0.4) is 0 Å². The molecule has 0 heterocycles. The summed E-state index contributed by atoms with van der Waals surface area (Å²) < 4.78 is 0. The number of hydrogen-bond donors (Lipinski definition) is 0. The van der Waals surface area contributed by atoms with Crippen LogP contribution in [0.1, 0.15) is 0 Å². The second-order valence-corrected chi connectivity index (χ2v) is 27.7. The first-order chi connectivity index (χ1) is 51.6. The molecule has 0 heteroatoms. The minimum absolute atomic E-state index is 1.22. The van der Waals surface area contributed by atoms with Crippen LogP contribution in [-0.4, -0.2) is 0 Å². The maximum absolute atomic E-state index is 2.40. The smallest absolute Gasteiger partial charge is 0.00199 e. The molecule has 0 N–H and O–H groups in total. The number of benzene rings is 21. The molecule has 0 aromatic heterocycles. The largest absolute Gasteiger partial charge is 0.0622 e. The fraction of sp³-hybridized carbons (Fsp3) is 0. The summed E-state index contributed by atoms with van der Waals surface area (Å²) in [6.45, 7) is 0. The van der Waals surface area contributed by atoms with Crippen LogP contribution in [0.25, 0.3) is 208 Å². The molecular formula is C104H66. The van der Waals surface area contributed by atoms with Crippen molar-refractivity contribution in [3.8, 4) is 89.0 Å². The monoisotopic (exact) mass is 1310 g/mol. The van der Waals surface area contributed by atoms with E-state index in [1.807, 2.05) is 0 Å². The Bertz CT molecular complexity index is 6880. The molecule has 0 aliphatic heterocycles. The highest BCUT2D eigenvalue weighted by Crippen LogP contribution is 2.50. The molecule has 0 aliphatic carbocycles. The van der Waals surface area contributed by atoms with Crippen molar-refractivity contribution in [2.45, 2.75) is 0 Å². The normalized spacial score (nSPS) is 11.7. The van der Waals surface area contributed by atoms with E-state index in [1.165, 1.54) is 208 Å². The molecule has 21 aromatic carbocycles. The quantitative estimate of drug-likeness (QED) is 0.105. The molecule has 0 amide bonds. The summed E-state index contributed by atoms with van der Waals surface area (Å²) in [5.74, 6) is 0. The van der Waals surface area contributed by atoms with Gasteiger partial charge in [0.25, 0.3) is 0 Å². The Balaban J connectivity index is 0.000000139. The van der Waals surface area contributed by atoms with E-state index in [2.05, 4.69) is 400 Å². The topological polar surface area (TPSA) is 0 Å². The lowest BCUT2D eigenvalue weighted by Gasteiger charge is -2.20. The SMILES string of the molecule is c1ccc(-c2ccc(-c3ccc4ccc(-c5c6ccccc6c(-c6cc7ccccc7c7ccccc67)c6ccccc56)cc4c3)cc2)cc1.c1ccc2c(-c3ccc(-c4ccc5ccc(-c6c7ccccc7c(-c7cc8ccccc8c8ccccc78)c7ccccc67)cc5c4)cc3)cccc2c1. The van der Waals surface area contributed by atoms with Crippen molar-refractivity contribution in [2.24, 2.45) is 0 Å². The van der Waals surface area contributed by atoms with Gasteiger partial charge in [-0.25, -0.2) is 0 Å². The van der Waals surface area contributed by atoms with Gasteiger partial charge in [-0.1, -0.05) is 364 Å². The molecule has 104 heavy (non-hydrogen) atoms. The van der Waals surface area contributed by atoms with Crippen LogP contribution >= 0.6 is 0 Å². The van der Waals surface area contributed by atoms with Crippen LogP contribution in [0.5, 0.6) is 0 Å². The molecule has 21 rings (SSSR count). The summed E-state index contributed by atoms with van der Waals surface area (Å²) in [5.41, 5.74) is 20.0. The Labute approximate surface area is 603 Å². The second-order valence-electron chi connectivity index (χ2n) is 27.7. The van der Waals surface area contributed by atoms with Crippen LogP contribution in [0.4, 0.5) is 0 Å². The van der Waals surface area contributed by atoms with E-state index in [0.717, 1.165) is 0 Å². The summed E-state index contributed by atoms with van der Waals surface area (Å²) >= 11 is 0. The first-order valence-corrected chi connectivity index (χ1v) is 36.1. The standard InChI is InChI=1S/C54H34.C50H32/c1-3-15-43-37(12-1)14-11-23-44(43)38-28-24-35(25-29-38)39-30-26-36-27-31-41(33-42(36)32-39)53-48-19-7-9-21-50(48)54(51-22-10-8-20-49(51)53)52-34-40-13-2-4-16-45(40)46-17-5-6-18-47(46)52;1-2-12-33(13-3-1)34-22-24-35(25-23-34)37-28-26-36-27-29-39(31-40(36)30-37)49-44-18-8-10-20-46(44)50(47-21-11-9-19-45(47)49)48-32-38-14-4-5-15-41(38)42-16-6-7-17-43(42)48/h1-34H;1-32H. The van der Waals surface area contributed by atoms with Gasteiger partial charge in [-0.15, -0.1) is 0 Å². The fourth-order valence-corrected chi connectivity index (χ4v) is 17.0. The summed E-state index contributed by atoms with van der Waals surface area (Å²) in [6, 6.07) is 147. The van der Waals surface area contributed by atoms with E-state index in [4.69, 9.17) is 0 Å². The van der Waals surface area contributed by atoms with Gasteiger partial charge in [0.15, 0.2) is 0 Å². The highest BCUT2D eigenvalue weighted by molar-refractivity contribution is 6.28. The minimum Gasteiger partial charge on any atom is -0.0622 e. The van der Waals surface area contributed by atoms with E-state index in [9.17, 15) is 0 Å². The Kier molecular flexibility index (Phi) is 14.7. The van der Waals surface area contributed by atoms with Crippen molar-refractivity contribution in [3.63, 3.8) is 0 Å². The molecule has 482 valence electrons. The highest BCUT2D eigenvalue weighted by atomic mass is 14.3. The lowest BCUT2D eigenvalue weighted by atomic mass is 9.83. The van der Waals surface area contributed by atoms with E-state index in [0.29, 0.717) is 0 Å². The summed E-state index contributed by atoms with van der Waals surface area (Å²) in [6.07, 6.45) is 0. The van der Waals surface area contributed by atoms with Crippen molar-refractivity contribution in [1.82, 2.24) is 0 Å². The van der Waals surface area contributed by atoms with Crippen LogP contribution < -0.4 is 0 Å². The highest BCUT2D eigenvalue weighted by Gasteiger charge is 2.22. The van der Waals surface area contributed by atoms with Gasteiger partial charge < -0.3 is 0 Å². The molecule has 21 aromatic rings. The molecule has 0 bridgehead atoms. The van der Waals surface area contributed by atoms with E-state index in [-0.39, 0.29) is 0 Å². The van der Waals surface area contributed by atoms with Crippen LogP contribution in [-0.2, 0) is 0 Å². The van der Waals surface area contributed by atoms with Crippen molar-refractivity contribution in [1.29, 1.82) is 0 Å². The molecule has 0 fully saturated rings. The van der Waals surface area contributed by atoms with Crippen molar-refractivity contribution >= 4 is 118 Å². The molecule has 0 saturated carbocycles. The Morgan fingerprint density at radius 1 is 0.0962 bits per heavy atom. The Hall–Kier alpha value is -13.5. The van der Waals surface area contributed by atoms with Crippen molar-refractivity contribution < 1.29 is 0 Å². The lowest BCUT2D eigenvalue weighted by molar-refractivity contribution is 1.60. The zero-order valence-corrected chi connectivity index (χ0v) is 57.1. The summed E-state index contributed by atoms with van der Waals surface area (Å²) in [5, 5.41) is 27.9. The van der Waals surface area contributed by atoms with Gasteiger partial charge in [0.2, 0.25) is 0 Å². The summed E-state index contributed by atoms with van der Waals surface area (Å²) in [4.78, 5) is 0. The predicted molar refractivity (Wildman–Crippen MR) is 449 cm³/mol. The second kappa shape index (κ2) is 25.3. The number of hydrogen-bond acceptors (Lipinski definition) is 0. The van der Waals surface area contributed by atoms with E-state index < -0.39 is 0 Å². The van der Waals surface area contributed by atoms with Crippen LogP contribution in [0, 0.1) is 0 Å². The molecule has 0 saturated heterocycles. The molecule has 0 aliphatic rings. The minimum atomic E-state index is 1.22. The third-order valence-electron chi connectivity index (χ3n) is 21.8. The Morgan fingerprint density at radius 3 is 0.779 bits per heavy atom. The molecule has 0 unspecified atom stereocenters. The maximum Gasteiger partial charge on any atom is -0.00199 e. The van der Waals surface area contributed by atoms with E-state index >= 15 is 0 Å². The average Bonchev–Trinajstić information content (AvgIpc) is 0.726. The van der Waals surface area contributed by atoms with E-state index in [1.54, 1.807) is 0 Å². The maximum atomic E-state index is 2.40. The van der Waals surface area contributed by atoms with Crippen LogP contribution in [0.2, 0.25) is 0 Å². The third kappa shape index (κ3) is 10.4. The average molecular weight is 1320 g/mol. The number of rotatable bonds is 8. The first-order valence-electron chi connectivity index (χ1n) is 36.1. The predicted octanol–water partition coefficient (Wildman–Crippen LogP) is 29.4. The van der Waals surface area contributed by atoms with Gasteiger partial charge in [0, 0.05) is 0 Å². The molecule has 0 spiro atoms. The van der Waals surface area contributed by atoms with Gasteiger partial charge in [0.05, 0.1) is 0 Å². The number of fused-ring (bicyclic) bond motifs is 13. The molecular weight excluding hydrogens is 1250 g/mol. The van der Waals surface area contributed by atoms with Gasteiger partial charge in [-0.2, -0.15) is 0 Å².